The highest BCUT2D eigenvalue weighted by atomic mass is 32.2. The van der Waals surface area contributed by atoms with Gasteiger partial charge >= 0.3 is 0 Å². The SMILES string of the molecule is C=C(C(CO)NS(=O)(=O)C(C)(C)C)C(C)(C)C. The van der Waals surface area contributed by atoms with E-state index in [0.717, 1.165) is 0 Å². The van der Waals surface area contributed by atoms with Crippen LogP contribution in [0.1, 0.15) is 41.5 Å². The fraction of sp³-hybridized carbons (Fsp3) is 0.833. The van der Waals surface area contributed by atoms with Gasteiger partial charge in [-0.15, -0.1) is 0 Å². The number of hydrogen-bond donors (Lipinski definition) is 2. The molecule has 0 rings (SSSR count). The van der Waals surface area contributed by atoms with Gasteiger partial charge in [0.05, 0.1) is 17.4 Å². The molecule has 0 aliphatic rings. The highest BCUT2D eigenvalue weighted by molar-refractivity contribution is 7.90. The van der Waals surface area contributed by atoms with Gasteiger partial charge in [-0.3, -0.25) is 0 Å². The maximum atomic E-state index is 12.0. The summed E-state index contributed by atoms with van der Waals surface area (Å²) in [5, 5.41) is 9.30. The van der Waals surface area contributed by atoms with Gasteiger partial charge in [0.25, 0.3) is 0 Å². The molecule has 0 aliphatic carbocycles. The van der Waals surface area contributed by atoms with Gasteiger partial charge in [-0.2, -0.15) is 0 Å². The van der Waals surface area contributed by atoms with Crippen molar-refractivity contribution in [1.82, 2.24) is 4.72 Å². The van der Waals surface area contributed by atoms with Crippen LogP contribution in [-0.2, 0) is 10.0 Å². The summed E-state index contributed by atoms with van der Waals surface area (Å²) >= 11 is 0. The number of aliphatic hydroxyl groups is 1. The first-order chi connectivity index (χ1) is 7.33. The van der Waals surface area contributed by atoms with Gasteiger partial charge in [-0.05, 0) is 26.2 Å². The van der Waals surface area contributed by atoms with E-state index in [1.54, 1.807) is 20.8 Å². The Bertz CT molecular complexity index is 372. The second-order valence-electron chi connectivity index (χ2n) is 6.24. The minimum atomic E-state index is -3.49. The quantitative estimate of drug-likeness (QED) is 0.758. The molecule has 0 aliphatic heterocycles. The Morgan fingerprint density at radius 2 is 1.65 bits per heavy atom. The van der Waals surface area contributed by atoms with Crippen LogP contribution in [0.4, 0.5) is 0 Å². The molecule has 0 heterocycles. The summed E-state index contributed by atoms with van der Waals surface area (Å²) in [6.07, 6.45) is 0. The normalized spacial score (nSPS) is 15.7. The molecule has 17 heavy (non-hydrogen) atoms. The molecule has 0 saturated carbocycles. The molecule has 0 aromatic carbocycles. The zero-order chi connectivity index (χ0) is 14.1. The fourth-order valence-electron chi connectivity index (χ4n) is 1.11. The van der Waals surface area contributed by atoms with E-state index in [9.17, 15) is 13.5 Å². The summed E-state index contributed by atoms with van der Waals surface area (Å²) in [7, 11) is -3.49. The van der Waals surface area contributed by atoms with Crippen molar-refractivity contribution < 1.29 is 13.5 Å². The van der Waals surface area contributed by atoms with Gasteiger partial charge in [0, 0.05) is 0 Å². The second kappa shape index (κ2) is 5.08. The predicted molar refractivity (Wildman–Crippen MR) is 71.3 cm³/mol. The standard InChI is InChI=1S/C12H25NO3S/c1-9(11(2,3)4)10(8-14)13-17(15,16)12(5,6)7/h10,13-14H,1,8H2,2-7H3. The molecule has 0 amide bonds. The lowest BCUT2D eigenvalue weighted by Crippen LogP contribution is -2.48. The van der Waals surface area contributed by atoms with E-state index in [1.165, 1.54) is 0 Å². The van der Waals surface area contributed by atoms with Crippen molar-refractivity contribution in [2.24, 2.45) is 5.41 Å². The Morgan fingerprint density at radius 1 is 1.24 bits per heavy atom. The molecule has 0 aromatic rings. The first-order valence-corrected chi connectivity index (χ1v) is 7.13. The molecule has 0 saturated heterocycles. The van der Waals surface area contributed by atoms with E-state index in [4.69, 9.17) is 0 Å². The molecule has 4 nitrogen and oxygen atoms in total. The van der Waals surface area contributed by atoms with Crippen LogP contribution in [0.3, 0.4) is 0 Å². The van der Waals surface area contributed by atoms with Crippen molar-refractivity contribution in [3.05, 3.63) is 12.2 Å². The van der Waals surface area contributed by atoms with Crippen LogP contribution < -0.4 is 4.72 Å². The average molecular weight is 263 g/mol. The Labute approximate surface area is 105 Å². The molecule has 0 bridgehead atoms. The molecular weight excluding hydrogens is 238 g/mol. The van der Waals surface area contributed by atoms with E-state index in [0.29, 0.717) is 5.57 Å². The molecule has 1 atom stereocenters. The van der Waals surface area contributed by atoms with Crippen molar-refractivity contribution in [1.29, 1.82) is 0 Å². The van der Waals surface area contributed by atoms with Gasteiger partial charge in [0.2, 0.25) is 10.0 Å². The van der Waals surface area contributed by atoms with E-state index in [2.05, 4.69) is 11.3 Å². The van der Waals surface area contributed by atoms with Crippen molar-refractivity contribution in [3.8, 4) is 0 Å². The monoisotopic (exact) mass is 263 g/mol. The lowest BCUT2D eigenvalue weighted by molar-refractivity contribution is 0.256. The lowest BCUT2D eigenvalue weighted by Gasteiger charge is -2.31. The summed E-state index contributed by atoms with van der Waals surface area (Å²) < 4.78 is 25.6. The maximum absolute atomic E-state index is 12.0. The fourth-order valence-corrected chi connectivity index (χ4v) is 2.05. The largest absolute Gasteiger partial charge is 0.394 e. The first-order valence-electron chi connectivity index (χ1n) is 5.65. The number of nitrogens with one attached hydrogen (secondary N) is 1. The molecular formula is C12H25NO3S. The van der Waals surface area contributed by atoms with Gasteiger partial charge in [0.15, 0.2) is 0 Å². The molecule has 1 unspecified atom stereocenters. The summed E-state index contributed by atoms with van der Waals surface area (Å²) in [6, 6.07) is -0.640. The Kier molecular flexibility index (Phi) is 4.96. The van der Waals surface area contributed by atoms with Gasteiger partial charge < -0.3 is 5.11 Å². The highest BCUT2D eigenvalue weighted by Crippen LogP contribution is 2.27. The van der Waals surface area contributed by atoms with Gasteiger partial charge in [-0.1, -0.05) is 32.9 Å². The Morgan fingerprint density at radius 3 is 1.88 bits per heavy atom. The molecule has 0 spiro atoms. The molecule has 102 valence electrons. The van der Waals surface area contributed by atoms with Gasteiger partial charge in [-0.25, -0.2) is 13.1 Å². The molecule has 0 aromatic heterocycles. The minimum absolute atomic E-state index is 0.256. The van der Waals surface area contributed by atoms with Crippen molar-refractivity contribution in [2.75, 3.05) is 6.61 Å². The lowest BCUT2D eigenvalue weighted by atomic mass is 9.84. The van der Waals surface area contributed by atoms with Crippen LogP contribution in [0.5, 0.6) is 0 Å². The van der Waals surface area contributed by atoms with Gasteiger partial charge in [0.1, 0.15) is 0 Å². The smallest absolute Gasteiger partial charge is 0.217 e. The van der Waals surface area contributed by atoms with Crippen LogP contribution in [0, 0.1) is 5.41 Å². The van der Waals surface area contributed by atoms with E-state index < -0.39 is 20.8 Å². The zero-order valence-corrected chi connectivity index (χ0v) is 12.5. The van der Waals surface area contributed by atoms with E-state index >= 15 is 0 Å². The Hall–Kier alpha value is -0.390. The predicted octanol–water partition coefficient (Wildman–Crippen LogP) is 1.67. The summed E-state index contributed by atoms with van der Waals surface area (Å²) in [6.45, 7) is 14.2. The third-order valence-electron chi connectivity index (χ3n) is 2.67. The minimum Gasteiger partial charge on any atom is -0.394 e. The van der Waals surface area contributed by atoms with Crippen molar-refractivity contribution in [3.63, 3.8) is 0 Å². The highest BCUT2D eigenvalue weighted by Gasteiger charge is 2.33. The number of aliphatic hydroxyl groups excluding tert-OH is 1. The summed E-state index contributed by atoms with van der Waals surface area (Å²) in [5.74, 6) is 0. The van der Waals surface area contributed by atoms with Crippen LogP contribution in [0.25, 0.3) is 0 Å². The average Bonchev–Trinajstić information content (AvgIpc) is 2.09. The van der Waals surface area contributed by atoms with Crippen LogP contribution in [-0.4, -0.2) is 30.9 Å². The van der Waals surface area contributed by atoms with Crippen LogP contribution >= 0.6 is 0 Å². The van der Waals surface area contributed by atoms with Crippen molar-refractivity contribution in [2.45, 2.75) is 52.3 Å². The Balaban J connectivity index is 5.06. The number of sulfonamides is 1. The topological polar surface area (TPSA) is 66.4 Å². The molecule has 0 fully saturated rings. The maximum Gasteiger partial charge on any atom is 0.217 e. The number of rotatable bonds is 4. The van der Waals surface area contributed by atoms with E-state index in [-0.39, 0.29) is 12.0 Å². The zero-order valence-electron chi connectivity index (χ0n) is 11.7. The molecule has 2 N–H and O–H groups in total. The van der Waals surface area contributed by atoms with Crippen LogP contribution in [0.2, 0.25) is 0 Å². The summed E-state index contributed by atoms with van der Waals surface area (Å²) in [5.41, 5.74) is 0.418. The third kappa shape index (κ3) is 4.41. The van der Waals surface area contributed by atoms with Crippen LogP contribution in [0.15, 0.2) is 12.2 Å². The summed E-state index contributed by atoms with van der Waals surface area (Å²) in [4.78, 5) is 0. The van der Waals surface area contributed by atoms with Crippen molar-refractivity contribution >= 4 is 10.0 Å². The second-order valence-corrected chi connectivity index (χ2v) is 8.71. The molecule has 5 heteroatoms. The first kappa shape index (κ1) is 16.6. The molecule has 0 radical (unpaired) electrons. The van der Waals surface area contributed by atoms with E-state index in [1.807, 2.05) is 20.8 Å². The third-order valence-corrected chi connectivity index (χ3v) is 4.88. The number of hydrogen-bond acceptors (Lipinski definition) is 3.